The Morgan fingerprint density at radius 2 is 2.07 bits per heavy atom. The van der Waals surface area contributed by atoms with Crippen molar-refractivity contribution in [1.29, 1.82) is 0 Å². The minimum atomic E-state index is -0.0972. The highest BCUT2D eigenvalue weighted by molar-refractivity contribution is 7.13. The third-order valence-corrected chi connectivity index (χ3v) is 6.20. The molecule has 2 atom stereocenters. The van der Waals surface area contributed by atoms with Gasteiger partial charge in [0.15, 0.2) is 0 Å². The summed E-state index contributed by atoms with van der Waals surface area (Å²) in [5.74, 6) is 0.127. The predicted molar refractivity (Wildman–Crippen MR) is 108 cm³/mol. The largest absolute Gasteiger partial charge is 0.338 e. The van der Waals surface area contributed by atoms with Crippen molar-refractivity contribution >= 4 is 17.2 Å². The molecule has 28 heavy (non-hydrogen) atoms. The lowest BCUT2D eigenvalue weighted by atomic mass is 9.93. The van der Waals surface area contributed by atoms with Gasteiger partial charge >= 0.3 is 0 Å². The number of thiophene rings is 1. The number of aryl methyl sites for hydroxylation is 2. The van der Waals surface area contributed by atoms with Gasteiger partial charge in [-0.15, -0.1) is 11.3 Å². The van der Waals surface area contributed by atoms with E-state index in [4.69, 9.17) is 0 Å². The number of carbonyl (C=O) groups excluding carboxylic acids is 1. The number of amides is 1. The maximum atomic E-state index is 12.9. The molecule has 8 heteroatoms. The summed E-state index contributed by atoms with van der Waals surface area (Å²) in [6.45, 7) is 5.11. The van der Waals surface area contributed by atoms with Crippen LogP contribution in [0.5, 0.6) is 0 Å². The number of aromatic nitrogens is 4. The fourth-order valence-electron chi connectivity index (χ4n) is 3.88. The third kappa shape index (κ3) is 3.40. The van der Waals surface area contributed by atoms with Crippen molar-refractivity contribution in [2.24, 2.45) is 13.0 Å². The van der Waals surface area contributed by atoms with Crippen molar-refractivity contribution in [1.82, 2.24) is 24.5 Å². The van der Waals surface area contributed by atoms with Gasteiger partial charge in [0.1, 0.15) is 5.69 Å². The first-order valence-electron chi connectivity index (χ1n) is 9.37. The van der Waals surface area contributed by atoms with Crippen LogP contribution in [0.4, 0.5) is 0 Å². The zero-order valence-corrected chi connectivity index (χ0v) is 17.0. The molecule has 0 bridgehead atoms. The van der Waals surface area contributed by atoms with E-state index in [0.29, 0.717) is 25.1 Å². The highest BCUT2D eigenvalue weighted by Crippen LogP contribution is 2.29. The van der Waals surface area contributed by atoms with E-state index in [0.717, 1.165) is 16.3 Å². The molecule has 0 aromatic carbocycles. The van der Waals surface area contributed by atoms with Crippen LogP contribution >= 0.6 is 11.3 Å². The van der Waals surface area contributed by atoms with Gasteiger partial charge in [0, 0.05) is 32.4 Å². The van der Waals surface area contributed by atoms with Gasteiger partial charge in [-0.2, -0.15) is 10.2 Å². The molecule has 146 valence electrons. The van der Waals surface area contributed by atoms with Gasteiger partial charge < -0.3 is 4.90 Å². The van der Waals surface area contributed by atoms with Gasteiger partial charge in [0.25, 0.3) is 11.5 Å². The van der Waals surface area contributed by atoms with Gasteiger partial charge in [0.05, 0.1) is 22.2 Å². The van der Waals surface area contributed by atoms with Crippen molar-refractivity contribution < 1.29 is 4.79 Å². The number of piperidine rings is 1. The van der Waals surface area contributed by atoms with Gasteiger partial charge in [-0.05, 0) is 36.8 Å². The Morgan fingerprint density at radius 3 is 2.71 bits per heavy atom. The Kier molecular flexibility index (Phi) is 4.89. The fraction of sp³-hybridized carbons (Fsp3) is 0.400. The SMILES string of the molecule is Cc1nn(C)cc1C(=O)N1CC[C@@H](n2nc(-c3cccs3)ccc2=O)[C@H](C)C1. The van der Waals surface area contributed by atoms with Crippen LogP contribution < -0.4 is 5.56 Å². The quantitative estimate of drug-likeness (QED) is 0.681. The molecule has 0 unspecified atom stereocenters. The molecule has 1 aliphatic rings. The summed E-state index contributed by atoms with van der Waals surface area (Å²) in [6.07, 6.45) is 2.47. The van der Waals surface area contributed by atoms with Crippen LogP contribution in [0.2, 0.25) is 0 Å². The minimum Gasteiger partial charge on any atom is -0.338 e. The lowest BCUT2D eigenvalue weighted by Gasteiger charge is -2.37. The molecule has 4 rings (SSSR count). The van der Waals surface area contributed by atoms with Gasteiger partial charge in [-0.1, -0.05) is 13.0 Å². The van der Waals surface area contributed by atoms with E-state index in [-0.39, 0.29) is 23.4 Å². The van der Waals surface area contributed by atoms with E-state index in [9.17, 15) is 9.59 Å². The van der Waals surface area contributed by atoms with Crippen LogP contribution in [0.25, 0.3) is 10.6 Å². The normalized spacial score (nSPS) is 19.8. The van der Waals surface area contributed by atoms with E-state index < -0.39 is 0 Å². The second-order valence-corrected chi connectivity index (χ2v) is 8.31. The molecule has 4 heterocycles. The topological polar surface area (TPSA) is 73.0 Å². The van der Waals surface area contributed by atoms with E-state index in [2.05, 4.69) is 17.1 Å². The first-order valence-corrected chi connectivity index (χ1v) is 10.3. The molecule has 0 aliphatic carbocycles. The third-order valence-electron chi connectivity index (χ3n) is 5.30. The average molecular weight is 398 g/mol. The second kappa shape index (κ2) is 7.35. The number of likely N-dealkylation sites (tertiary alicyclic amines) is 1. The molecule has 1 aliphatic heterocycles. The van der Waals surface area contributed by atoms with Crippen LogP contribution in [-0.4, -0.2) is 43.5 Å². The van der Waals surface area contributed by atoms with E-state index >= 15 is 0 Å². The van der Waals surface area contributed by atoms with Crippen molar-refractivity contribution in [2.75, 3.05) is 13.1 Å². The standard InChI is InChI=1S/C20H23N5O2S/c1-13-11-24(20(27)15-12-23(3)21-14(15)2)9-8-17(13)25-19(26)7-6-16(22-25)18-5-4-10-28-18/h4-7,10,12-13,17H,8-9,11H2,1-3H3/t13-,17-/m1/s1. The molecule has 0 N–H and O–H groups in total. The van der Waals surface area contributed by atoms with E-state index in [1.165, 1.54) is 0 Å². The molecule has 3 aromatic heterocycles. The molecule has 0 spiro atoms. The van der Waals surface area contributed by atoms with Crippen molar-refractivity contribution in [3.63, 3.8) is 0 Å². The molecule has 7 nitrogen and oxygen atoms in total. The molecule has 1 fully saturated rings. The van der Waals surface area contributed by atoms with Crippen molar-refractivity contribution in [3.8, 4) is 10.6 Å². The second-order valence-electron chi connectivity index (χ2n) is 7.37. The Balaban J connectivity index is 1.55. The van der Waals surface area contributed by atoms with E-state index in [1.54, 1.807) is 39.0 Å². The lowest BCUT2D eigenvalue weighted by Crippen LogP contribution is -2.45. The maximum Gasteiger partial charge on any atom is 0.267 e. The van der Waals surface area contributed by atoms with Gasteiger partial charge in [-0.3, -0.25) is 14.3 Å². The summed E-state index contributed by atoms with van der Waals surface area (Å²) in [5, 5.41) is 10.9. The summed E-state index contributed by atoms with van der Waals surface area (Å²) in [7, 11) is 1.82. The first kappa shape index (κ1) is 18.6. The summed E-state index contributed by atoms with van der Waals surface area (Å²) in [6, 6.07) is 7.32. The molecule has 1 amide bonds. The summed E-state index contributed by atoms with van der Waals surface area (Å²) < 4.78 is 3.27. The maximum absolute atomic E-state index is 12.9. The highest BCUT2D eigenvalue weighted by atomic mass is 32.1. The first-order chi connectivity index (χ1) is 13.4. The zero-order chi connectivity index (χ0) is 19.8. The Bertz CT molecular complexity index is 1050. The minimum absolute atomic E-state index is 0.00328. The van der Waals surface area contributed by atoms with Crippen LogP contribution in [0.15, 0.2) is 40.6 Å². The molecular weight excluding hydrogens is 374 g/mol. The van der Waals surface area contributed by atoms with E-state index in [1.807, 2.05) is 36.4 Å². The Morgan fingerprint density at radius 1 is 1.25 bits per heavy atom. The van der Waals surface area contributed by atoms with Crippen LogP contribution in [-0.2, 0) is 7.05 Å². The zero-order valence-electron chi connectivity index (χ0n) is 16.2. The number of rotatable bonds is 3. The van der Waals surface area contributed by atoms with Crippen molar-refractivity contribution in [2.45, 2.75) is 26.3 Å². The number of hydrogen-bond acceptors (Lipinski definition) is 5. The number of carbonyl (C=O) groups is 1. The Labute approximate surface area is 167 Å². The summed E-state index contributed by atoms with van der Waals surface area (Å²) >= 11 is 1.60. The van der Waals surface area contributed by atoms with Crippen LogP contribution in [0.1, 0.15) is 35.4 Å². The van der Waals surface area contributed by atoms with Crippen LogP contribution in [0, 0.1) is 12.8 Å². The highest BCUT2D eigenvalue weighted by Gasteiger charge is 2.32. The molecular formula is C20H23N5O2S. The molecule has 1 saturated heterocycles. The van der Waals surface area contributed by atoms with Crippen molar-refractivity contribution in [3.05, 3.63) is 57.5 Å². The summed E-state index contributed by atoms with van der Waals surface area (Å²) in [5.41, 5.74) is 2.10. The monoisotopic (exact) mass is 397 g/mol. The van der Waals surface area contributed by atoms with Gasteiger partial charge in [-0.25, -0.2) is 4.68 Å². The summed E-state index contributed by atoms with van der Waals surface area (Å²) in [4.78, 5) is 28.3. The molecule has 0 saturated carbocycles. The molecule has 0 radical (unpaired) electrons. The van der Waals surface area contributed by atoms with Gasteiger partial charge in [0.2, 0.25) is 0 Å². The number of nitrogens with zero attached hydrogens (tertiary/aromatic N) is 5. The Hall–Kier alpha value is -2.74. The average Bonchev–Trinajstić information content (AvgIpc) is 3.31. The van der Waals surface area contributed by atoms with Crippen LogP contribution in [0.3, 0.4) is 0 Å². The molecule has 3 aromatic rings. The smallest absolute Gasteiger partial charge is 0.267 e. The fourth-order valence-corrected chi connectivity index (χ4v) is 4.57. The predicted octanol–water partition coefficient (Wildman–Crippen LogP) is 2.74. The lowest BCUT2D eigenvalue weighted by molar-refractivity contribution is 0.0607. The number of hydrogen-bond donors (Lipinski definition) is 0.